The van der Waals surface area contributed by atoms with Gasteiger partial charge in [0.15, 0.2) is 30.4 Å². The van der Waals surface area contributed by atoms with Crippen molar-refractivity contribution in [2.75, 3.05) is 47.0 Å². The standard InChI is InChI=1S/C37H44N2O12/c1-18-34-21(39-12-13-48-36(47-3)35(39)51-34)14-25(49-18)50-23-16-37(45,24(40)17-38-10-5-4-6-11-38)15-20-27(23)33(44)29-28(31(20)42)30(41)19-8-7-9-22(46-2)26(19)32(29)43/h7-9,18,21,23,25,34-36,42,44-45H,4-6,10-17H2,1-3H3/t18-,21-,23-,25-,34+,35+,36-,37-/m0/s1. The first-order chi connectivity index (χ1) is 24.5. The number of rotatable bonds is 7. The zero-order valence-electron chi connectivity index (χ0n) is 29.0. The number of phenols is 2. The minimum Gasteiger partial charge on any atom is -0.507 e. The number of carbonyl (C=O) groups is 3. The predicted octanol–water partition coefficient (Wildman–Crippen LogP) is 2.20. The molecule has 4 fully saturated rings. The van der Waals surface area contributed by atoms with Crippen LogP contribution >= 0.6 is 0 Å². The number of nitrogens with zero attached hydrogens (tertiary/aromatic N) is 2. The van der Waals surface area contributed by atoms with Gasteiger partial charge in [-0.05, 0) is 38.9 Å². The van der Waals surface area contributed by atoms with Crippen molar-refractivity contribution in [1.29, 1.82) is 0 Å². The van der Waals surface area contributed by atoms with Crippen LogP contribution in [0.1, 0.15) is 88.1 Å². The molecular weight excluding hydrogens is 664 g/mol. The van der Waals surface area contributed by atoms with Crippen LogP contribution in [0, 0.1) is 0 Å². The summed E-state index contributed by atoms with van der Waals surface area (Å²) < 4.78 is 36.0. The maximum absolute atomic E-state index is 14.1. The maximum Gasteiger partial charge on any atom is 0.202 e. The molecule has 14 nitrogen and oxygen atoms in total. The van der Waals surface area contributed by atoms with E-state index in [2.05, 4.69) is 4.90 Å². The van der Waals surface area contributed by atoms with Gasteiger partial charge in [0.1, 0.15) is 29.0 Å². The first-order valence-corrected chi connectivity index (χ1v) is 17.8. The molecule has 8 atom stereocenters. The lowest BCUT2D eigenvalue weighted by Gasteiger charge is -2.43. The summed E-state index contributed by atoms with van der Waals surface area (Å²) in [6.45, 7) is 4.37. The van der Waals surface area contributed by atoms with Gasteiger partial charge in [-0.3, -0.25) is 24.2 Å². The van der Waals surface area contributed by atoms with Crippen molar-refractivity contribution in [1.82, 2.24) is 9.80 Å². The van der Waals surface area contributed by atoms with Gasteiger partial charge in [0.25, 0.3) is 0 Å². The highest BCUT2D eigenvalue weighted by molar-refractivity contribution is 6.31. The second-order valence-corrected chi connectivity index (χ2v) is 14.5. The van der Waals surface area contributed by atoms with Crippen LogP contribution < -0.4 is 4.74 Å². The van der Waals surface area contributed by atoms with Crippen LogP contribution in [0.2, 0.25) is 0 Å². The number of methoxy groups -OCH3 is 2. The molecule has 0 bridgehead atoms. The minimum absolute atomic E-state index is 0.00202. The molecule has 0 aromatic heterocycles. The second-order valence-electron chi connectivity index (χ2n) is 14.5. The smallest absolute Gasteiger partial charge is 0.202 e. The molecule has 14 heteroatoms. The van der Waals surface area contributed by atoms with Crippen molar-refractivity contribution in [2.45, 2.75) is 94.2 Å². The first kappa shape index (κ1) is 34.6. The third kappa shape index (κ3) is 5.59. The molecule has 0 saturated carbocycles. The lowest BCUT2D eigenvalue weighted by molar-refractivity contribution is -0.256. The van der Waals surface area contributed by atoms with Crippen LogP contribution in [0.4, 0.5) is 0 Å². The first-order valence-electron chi connectivity index (χ1n) is 17.8. The third-order valence-corrected chi connectivity index (χ3v) is 11.5. The lowest BCUT2D eigenvalue weighted by Crippen LogP contribution is -2.55. The number of morpholine rings is 1. The zero-order chi connectivity index (χ0) is 35.8. The largest absolute Gasteiger partial charge is 0.507 e. The van der Waals surface area contributed by atoms with Crippen LogP contribution in [-0.4, -0.2) is 132 Å². The van der Waals surface area contributed by atoms with Gasteiger partial charge in [-0.15, -0.1) is 0 Å². The van der Waals surface area contributed by atoms with Gasteiger partial charge in [0.2, 0.25) is 5.78 Å². The zero-order valence-corrected chi connectivity index (χ0v) is 29.0. The molecule has 8 rings (SSSR count). The Balaban J connectivity index is 1.18. The Morgan fingerprint density at radius 1 is 1.00 bits per heavy atom. The molecule has 0 amide bonds. The number of likely N-dealkylation sites (tertiary alicyclic amines) is 1. The fraction of sp³-hybridized carbons (Fsp3) is 0.595. The Hall–Kier alpha value is -3.47. The Morgan fingerprint density at radius 2 is 1.76 bits per heavy atom. The van der Waals surface area contributed by atoms with Gasteiger partial charge in [0, 0.05) is 55.6 Å². The van der Waals surface area contributed by atoms with Gasteiger partial charge < -0.3 is 43.7 Å². The second kappa shape index (κ2) is 13.2. The highest BCUT2D eigenvalue weighted by Gasteiger charge is 2.55. The molecule has 274 valence electrons. The monoisotopic (exact) mass is 708 g/mol. The van der Waals surface area contributed by atoms with E-state index in [1.165, 1.54) is 13.2 Å². The molecule has 3 N–H and O–H groups in total. The molecular formula is C37H44N2O12. The van der Waals surface area contributed by atoms with E-state index in [-0.39, 0.29) is 70.7 Å². The van der Waals surface area contributed by atoms with E-state index in [4.69, 9.17) is 28.4 Å². The normalized spacial score (nSPS) is 33.5. The fourth-order valence-electron chi connectivity index (χ4n) is 9.01. The van der Waals surface area contributed by atoms with E-state index >= 15 is 0 Å². The Kier molecular flexibility index (Phi) is 8.95. The fourth-order valence-corrected chi connectivity index (χ4v) is 9.01. The topological polar surface area (TPSA) is 174 Å². The summed E-state index contributed by atoms with van der Waals surface area (Å²) in [4.78, 5) is 46.2. The van der Waals surface area contributed by atoms with Gasteiger partial charge >= 0.3 is 0 Å². The van der Waals surface area contributed by atoms with Crippen LogP contribution in [0.3, 0.4) is 0 Å². The Labute approximate surface area is 295 Å². The number of hydrogen-bond acceptors (Lipinski definition) is 14. The van der Waals surface area contributed by atoms with Crippen molar-refractivity contribution in [3.8, 4) is 17.2 Å². The van der Waals surface area contributed by atoms with Crippen molar-refractivity contribution in [3.63, 3.8) is 0 Å². The van der Waals surface area contributed by atoms with Crippen molar-refractivity contribution in [3.05, 3.63) is 51.6 Å². The number of phenolic OH excluding ortho intramolecular Hbond substituents is 2. The molecule has 4 heterocycles. The summed E-state index contributed by atoms with van der Waals surface area (Å²) >= 11 is 0. The van der Waals surface area contributed by atoms with Crippen LogP contribution in [0.15, 0.2) is 18.2 Å². The van der Waals surface area contributed by atoms with Gasteiger partial charge in [0.05, 0.1) is 49.2 Å². The molecule has 2 aromatic carbocycles. The average molecular weight is 709 g/mol. The van der Waals surface area contributed by atoms with E-state index in [9.17, 15) is 29.7 Å². The van der Waals surface area contributed by atoms with Crippen molar-refractivity contribution >= 4 is 17.3 Å². The van der Waals surface area contributed by atoms with E-state index in [0.29, 0.717) is 19.6 Å². The predicted molar refractivity (Wildman–Crippen MR) is 177 cm³/mol. The van der Waals surface area contributed by atoms with E-state index in [1.54, 1.807) is 19.2 Å². The summed E-state index contributed by atoms with van der Waals surface area (Å²) in [7, 11) is 2.94. The molecule has 2 aliphatic carbocycles. The molecule has 6 aliphatic rings. The molecule has 51 heavy (non-hydrogen) atoms. The molecule has 4 aliphatic heterocycles. The number of Topliss-reactive ketones (excluding diaryl/α,β-unsaturated/α-hetero) is 1. The Bertz CT molecular complexity index is 1760. The van der Waals surface area contributed by atoms with E-state index in [0.717, 1.165) is 32.4 Å². The van der Waals surface area contributed by atoms with Crippen molar-refractivity contribution in [2.24, 2.45) is 0 Å². The number of piperidine rings is 1. The number of benzene rings is 2. The Morgan fingerprint density at radius 3 is 2.51 bits per heavy atom. The average Bonchev–Trinajstić information content (AvgIpc) is 3.51. The highest BCUT2D eigenvalue weighted by atomic mass is 16.7. The summed E-state index contributed by atoms with van der Waals surface area (Å²) in [5, 5.41) is 36.0. The van der Waals surface area contributed by atoms with Gasteiger partial charge in [-0.25, -0.2) is 0 Å². The molecule has 2 aromatic rings. The number of carbonyl (C=O) groups excluding carboxylic acids is 3. The summed E-state index contributed by atoms with van der Waals surface area (Å²) in [5.41, 5.74) is -2.79. The van der Waals surface area contributed by atoms with E-state index < -0.39 is 65.5 Å². The maximum atomic E-state index is 14.1. The SMILES string of the molecule is COc1cccc2c1C(=O)c1c(O)c3c(c(O)c1C2=O)C[C@@](O)(C(=O)CN1CCCCC1)C[C@@H]3O[C@H]1C[C@H]2[C@H](O[C@@H]3[C@@H](OC)OCCN32)[C@H](C)O1. The van der Waals surface area contributed by atoms with Gasteiger partial charge in [-0.1, -0.05) is 18.6 Å². The molecule has 0 spiro atoms. The number of aromatic hydroxyl groups is 2. The molecule has 0 radical (unpaired) electrons. The number of hydrogen-bond donors (Lipinski definition) is 3. The van der Waals surface area contributed by atoms with Crippen LogP contribution in [0.25, 0.3) is 0 Å². The third-order valence-electron chi connectivity index (χ3n) is 11.5. The van der Waals surface area contributed by atoms with Crippen LogP contribution in [-0.2, 0) is 34.9 Å². The quantitative estimate of drug-likeness (QED) is 0.305. The van der Waals surface area contributed by atoms with E-state index in [1.807, 2.05) is 11.8 Å². The number of ketones is 3. The highest BCUT2D eigenvalue weighted by Crippen LogP contribution is 2.53. The summed E-state index contributed by atoms with van der Waals surface area (Å²) in [6, 6.07) is 4.42. The minimum atomic E-state index is -2.02. The van der Waals surface area contributed by atoms with Gasteiger partial charge in [-0.2, -0.15) is 0 Å². The number of aliphatic hydroxyl groups is 1. The molecule has 0 unspecified atom stereocenters. The molecule has 4 saturated heterocycles. The van der Waals surface area contributed by atoms with Crippen LogP contribution in [0.5, 0.6) is 17.2 Å². The summed E-state index contributed by atoms with van der Waals surface area (Å²) in [5.74, 6) is -2.83. The summed E-state index contributed by atoms with van der Waals surface area (Å²) in [6.07, 6.45) is -1.20. The lowest BCUT2D eigenvalue weighted by atomic mass is 9.71. The number of ether oxygens (including phenoxy) is 6. The van der Waals surface area contributed by atoms with Crippen molar-refractivity contribution < 1.29 is 58.1 Å². The number of fused-ring (bicyclic) bond motifs is 6.